The van der Waals surface area contributed by atoms with Crippen molar-refractivity contribution in [2.75, 3.05) is 59.1 Å². The van der Waals surface area contributed by atoms with Gasteiger partial charge in [-0.1, -0.05) is 13.2 Å². The lowest BCUT2D eigenvalue weighted by molar-refractivity contribution is -0.150. The van der Waals surface area contributed by atoms with Crippen LogP contribution in [0.4, 0.5) is 0 Å². The third kappa shape index (κ3) is 19.6. The van der Waals surface area contributed by atoms with Gasteiger partial charge >= 0.3 is 23.9 Å². The van der Waals surface area contributed by atoms with E-state index in [0.29, 0.717) is 23.7 Å². The van der Waals surface area contributed by atoms with E-state index in [1.165, 1.54) is 25.8 Å². The molecule has 11 heteroatoms. The lowest BCUT2D eigenvalue weighted by Gasteiger charge is -2.20. The van der Waals surface area contributed by atoms with E-state index in [2.05, 4.69) is 13.2 Å². The van der Waals surface area contributed by atoms with Crippen molar-refractivity contribution in [1.29, 1.82) is 0 Å². The third-order valence-electron chi connectivity index (χ3n) is 3.96. The van der Waals surface area contributed by atoms with Gasteiger partial charge in [-0.05, 0) is 41.8 Å². The fourth-order valence-electron chi connectivity index (χ4n) is 1.87. The molecule has 0 amide bonds. The summed E-state index contributed by atoms with van der Waals surface area (Å²) in [5.41, 5.74) is 0.0574. The molecule has 0 aromatic carbocycles. The van der Waals surface area contributed by atoms with E-state index in [1.54, 1.807) is 20.8 Å². The first kappa shape index (κ1) is 34.8. The van der Waals surface area contributed by atoms with Crippen molar-refractivity contribution in [3.05, 3.63) is 24.3 Å². The summed E-state index contributed by atoms with van der Waals surface area (Å²) in [6, 6.07) is 0. The van der Waals surface area contributed by atoms with Crippen molar-refractivity contribution < 1.29 is 43.2 Å². The molecule has 1 N–H and O–H groups in total. The Morgan fingerprint density at radius 2 is 1.49 bits per heavy atom. The molecule has 0 bridgehead atoms. The van der Waals surface area contributed by atoms with E-state index in [9.17, 15) is 24.3 Å². The van der Waals surface area contributed by atoms with Crippen molar-refractivity contribution in [2.45, 2.75) is 40.2 Å². The van der Waals surface area contributed by atoms with Crippen LogP contribution < -0.4 is 0 Å². The number of carbonyl (C=O) groups is 4. The summed E-state index contributed by atoms with van der Waals surface area (Å²) < 4.78 is 19.2. The Balaban J connectivity index is 0. The van der Waals surface area contributed by atoms with Crippen LogP contribution in [0.25, 0.3) is 0 Å². The minimum Gasteiger partial charge on any atom is -0.469 e. The van der Waals surface area contributed by atoms with Gasteiger partial charge in [0.1, 0.15) is 25.9 Å². The molecule has 0 rings (SSSR count). The van der Waals surface area contributed by atoms with Crippen LogP contribution in [-0.2, 0) is 38.1 Å². The van der Waals surface area contributed by atoms with Gasteiger partial charge in [-0.3, -0.25) is 9.59 Å². The molecule has 202 valence electrons. The first-order chi connectivity index (χ1) is 16.1. The summed E-state index contributed by atoms with van der Waals surface area (Å²) in [5, 5.41) is 9.55. The molecule has 0 aromatic heterocycles. The molecule has 1 atom stereocenters. The Kier molecular flexibility index (Phi) is 18.8. The Labute approximate surface area is 213 Å². The maximum atomic E-state index is 11.5. The monoisotopic (exact) mass is 519 g/mol. The minimum atomic E-state index is -1.08. The predicted octanol–water partition coefficient (Wildman–Crippen LogP) is 2.00. The average molecular weight is 520 g/mol. The molecule has 0 aromatic rings. The summed E-state index contributed by atoms with van der Waals surface area (Å²) in [6.07, 6.45) is -0.927. The maximum Gasteiger partial charge on any atom is 0.333 e. The van der Waals surface area contributed by atoms with Crippen LogP contribution in [0.2, 0.25) is 0 Å². The van der Waals surface area contributed by atoms with Crippen LogP contribution in [0.5, 0.6) is 0 Å². The summed E-state index contributed by atoms with van der Waals surface area (Å²) in [7, 11) is 5.19. The topological polar surface area (TPSA) is 129 Å². The SMILES string of the molecule is C=C(C)C(=O)OCC(O)COC(=O)CCSCC(C)(C)C(=O)OC.C=C(C)C(=O)OCCN(C)C. The number of hydrogen-bond acceptors (Lipinski definition) is 11. The number of carbonyl (C=O) groups excluding carboxylic acids is 4. The molecule has 0 aliphatic heterocycles. The van der Waals surface area contributed by atoms with Crippen molar-refractivity contribution in [1.82, 2.24) is 4.90 Å². The highest BCUT2D eigenvalue weighted by molar-refractivity contribution is 7.99. The zero-order valence-electron chi connectivity index (χ0n) is 22.0. The molecule has 0 radical (unpaired) electrons. The molecular formula is C24H41NO9S. The van der Waals surface area contributed by atoms with Crippen LogP contribution >= 0.6 is 11.8 Å². The second-order valence-corrected chi connectivity index (χ2v) is 9.72. The van der Waals surface area contributed by atoms with Gasteiger partial charge in [0.25, 0.3) is 0 Å². The number of aliphatic hydroxyl groups excluding tert-OH is 1. The summed E-state index contributed by atoms with van der Waals surface area (Å²) in [4.78, 5) is 46.9. The highest BCUT2D eigenvalue weighted by atomic mass is 32.2. The number of esters is 4. The van der Waals surface area contributed by atoms with Crippen molar-refractivity contribution in [2.24, 2.45) is 5.41 Å². The highest BCUT2D eigenvalue weighted by Gasteiger charge is 2.28. The van der Waals surface area contributed by atoms with Gasteiger partial charge in [0.05, 0.1) is 18.9 Å². The van der Waals surface area contributed by atoms with E-state index >= 15 is 0 Å². The number of rotatable bonds is 15. The number of thioether (sulfide) groups is 1. The van der Waals surface area contributed by atoms with Gasteiger partial charge in [-0.2, -0.15) is 11.8 Å². The Morgan fingerprint density at radius 1 is 0.971 bits per heavy atom. The Morgan fingerprint density at radius 3 is 1.97 bits per heavy atom. The molecular weight excluding hydrogens is 478 g/mol. The quantitative estimate of drug-likeness (QED) is 0.148. The van der Waals surface area contributed by atoms with Crippen LogP contribution in [0.1, 0.15) is 34.1 Å². The van der Waals surface area contributed by atoms with E-state index in [0.717, 1.165) is 6.54 Å². The van der Waals surface area contributed by atoms with Gasteiger partial charge in [0.15, 0.2) is 0 Å². The molecule has 0 fully saturated rings. The molecule has 10 nitrogen and oxygen atoms in total. The molecule has 0 aliphatic rings. The van der Waals surface area contributed by atoms with Gasteiger partial charge < -0.3 is 29.0 Å². The molecule has 0 heterocycles. The zero-order valence-corrected chi connectivity index (χ0v) is 22.8. The molecule has 1 unspecified atom stereocenters. The normalized spacial score (nSPS) is 11.5. The lowest BCUT2D eigenvalue weighted by atomic mass is 9.97. The number of hydrogen-bond donors (Lipinski definition) is 1. The molecule has 0 aliphatic carbocycles. The third-order valence-corrected chi connectivity index (χ3v) is 5.38. The Hall–Kier alpha value is -2.37. The second-order valence-electron chi connectivity index (χ2n) is 8.61. The summed E-state index contributed by atoms with van der Waals surface area (Å²) in [6.45, 7) is 14.2. The maximum absolute atomic E-state index is 11.5. The van der Waals surface area contributed by atoms with Gasteiger partial charge in [0.2, 0.25) is 0 Å². The number of methoxy groups -OCH3 is 1. The standard InChI is InChI=1S/C16H26O7S.C8H15NO2/c1-11(2)14(19)23-9-12(17)8-22-13(18)6-7-24-10-16(3,4)15(20)21-5;1-7(2)8(10)11-6-5-9(3)4/h12,17H,1,6-10H2,2-5H3;1,5-6H2,2-4H3. The second kappa shape index (κ2) is 18.9. The first-order valence-corrected chi connectivity index (χ1v) is 12.1. The van der Waals surface area contributed by atoms with Crippen LogP contribution in [-0.4, -0.2) is 99.1 Å². The summed E-state index contributed by atoms with van der Waals surface area (Å²) in [5.74, 6) is -0.683. The number of ether oxygens (including phenoxy) is 4. The molecule has 0 spiro atoms. The summed E-state index contributed by atoms with van der Waals surface area (Å²) >= 11 is 1.44. The van der Waals surface area contributed by atoms with Crippen LogP contribution in [0.15, 0.2) is 24.3 Å². The zero-order chi connectivity index (χ0) is 27.6. The minimum absolute atomic E-state index is 0.153. The van der Waals surface area contributed by atoms with E-state index in [1.807, 2.05) is 19.0 Å². The van der Waals surface area contributed by atoms with Gasteiger partial charge in [-0.15, -0.1) is 0 Å². The number of aliphatic hydroxyl groups is 1. The van der Waals surface area contributed by atoms with Gasteiger partial charge in [-0.25, -0.2) is 9.59 Å². The predicted molar refractivity (Wildman–Crippen MR) is 135 cm³/mol. The van der Waals surface area contributed by atoms with Crippen molar-refractivity contribution in [3.63, 3.8) is 0 Å². The molecule has 0 saturated heterocycles. The molecule has 0 saturated carbocycles. The largest absolute Gasteiger partial charge is 0.469 e. The van der Waals surface area contributed by atoms with Crippen molar-refractivity contribution in [3.8, 4) is 0 Å². The molecule has 35 heavy (non-hydrogen) atoms. The number of likely N-dealkylation sites (N-methyl/N-ethyl adjacent to an activating group) is 1. The first-order valence-electron chi connectivity index (χ1n) is 10.9. The fraction of sp³-hybridized carbons (Fsp3) is 0.667. The fourth-order valence-corrected chi connectivity index (χ4v) is 2.95. The van der Waals surface area contributed by atoms with E-state index in [4.69, 9.17) is 18.9 Å². The smallest absolute Gasteiger partial charge is 0.333 e. The average Bonchev–Trinajstić information content (AvgIpc) is 2.78. The van der Waals surface area contributed by atoms with E-state index < -0.39 is 23.5 Å². The van der Waals surface area contributed by atoms with Crippen LogP contribution in [0, 0.1) is 5.41 Å². The van der Waals surface area contributed by atoms with Gasteiger partial charge in [0, 0.05) is 29.2 Å². The van der Waals surface area contributed by atoms with Crippen LogP contribution in [0.3, 0.4) is 0 Å². The Bertz CT molecular complexity index is 720. The lowest BCUT2D eigenvalue weighted by Crippen LogP contribution is -2.28. The van der Waals surface area contributed by atoms with E-state index in [-0.39, 0.29) is 37.1 Å². The highest BCUT2D eigenvalue weighted by Crippen LogP contribution is 2.23. The van der Waals surface area contributed by atoms with Crippen molar-refractivity contribution >= 4 is 35.6 Å². The number of nitrogens with zero attached hydrogens (tertiary/aromatic N) is 1.